The van der Waals surface area contributed by atoms with Gasteiger partial charge in [0.1, 0.15) is 6.10 Å². The van der Waals surface area contributed by atoms with E-state index in [9.17, 15) is 4.79 Å². The van der Waals surface area contributed by atoms with Crippen LogP contribution in [0.3, 0.4) is 0 Å². The fourth-order valence-corrected chi connectivity index (χ4v) is 4.27. The van der Waals surface area contributed by atoms with Crippen LogP contribution >= 0.6 is 0 Å². The maximum atomic E-state index is 12.0. The second kappa shape index (κ2) is 5.09. The number of fused-ring (bicyclic) bond motifs is 4. The number of hydrogen-bond acceptors (Lipinski definition) is 4. The first kappa shape index (κ1) is 13.3. The fourth-order valence-electron chi connectivity index (χ4n) is 4.27. The number of esters is 1. The Morgan fingerprint density at radius 3 is 3.14 bits per heavy atom. The first-order valence-corrected chi connectivity index (χ1v) is 8.12. The van der Waals surface area contributed by atoms with E-state index in [0.29, 0.717) is 24.4 Å². The van der Waals surface area contributed by atoms with E-state index in [4.69, 9.17) is 4.74 Å². The molecule has 4 nitrogen and oxygen atoms in total. The lowest BCUT2D eigenvalue weighted by molar-refractivity contribution is -0.164. The zero-order chi connectivity index (χ0) is 14.4. The molecule has 4 atom stereocenters. The van der Waals surface area contributed by atoms with Crippen molar-refractivity contribution < 1.29 is 9.53 Å². The number of morpholine rings is 1. The van der Waals surface area contributed by atoms with E-state index >= 15 is 0 Å². The fraction of sp³-hybridized carbons (Fsp3) is 0.647. The van der Waals surface area contributed by atoms with E-state index in [2.05, 4.69) is 29.0 Å². The van der Waals surface area contributed by atoms with Crippen LogP contribution in [0.2, 0.25) is 0 Å². The zero-order valence-electron chi connectivity index (χ0n) is 12.5. The van der Waals surface area contributed by atoms with Crippen LogP contribution in [0.5, 0.6) is 0 Å². The molecule has 4 rings (SSSR count). The molecule has 2 aliphatic heterocycles. The Morgan fingerprint density at radius 1 is 1.38 bits per heavy atom. The lowest BCUT2D eigenvalue weighted by Crippen LogP contribution is -2.56. The number of carbonyl (C=O) groups is 1. The highest BCUT2D eigenvalue weighted by Gasteiger charge is 2.44. The van der Waals surface area contributed by atoms with Crippen molar-refractivity contribution in [3.63, 3.8) is 0 Å². The van der Waals surface area contributed by atoms with Gasteiger partial charge in [0.05, 0.1) is 19.1 Å². The molecule has 0 amide bonds. The summed E-state index contributed by atoms with van der Waals surface area (Å²) in [5.74, 6) is 0.727. The molecule has 2 unspecified atom stereocenters. The Kier molecular flexibility index (Phi) is 3.21. The first-order chi connectivity index (χ1) is 10.3. The Morgan fingerprint density at radius 2 is 2.29 bits per heavy atom. The molecular formula is C17H22N2O2. The molecule has 0 N–H and O–H groups in total. The Hall–Kier alpha value is -1.42. The number of nitrogens with zero attached hydrogens (tertiary/aromatic N) is 2. The van der Waals surface area contributed by atoms with Gasteiger partial charge in [-0.1, -0.05) is 19.1 Å². The SMILES string of the molecule is CCCN1CC(=O)O[C@H]2C3=CC4C=NCC4=CC3CC[C@@H]21. The van der Waals surface area contributed by atoms with Crippen LogP contribution in [0.15, 0.2) is 28.3 Å². The summed E-state index contributed by atoms with van der Waals surface area (Å²) in [5.41, 5.74) is 2.75. The van der Waals surface area contributed by atoms with Crippen molar-refractivity contribution in [2.75, 3.05) is 19.6 Å². The predicted molar refractivity (Wildman–Crippen MR) is 81.3 cm³/mol. The maximum absolute atomic E-state index is 12.0. The van der Waals surface area contributed by atoms with Gasteiger partial charge in [0.25, 0.3) is 0 Å². The molecule has 0 radical (unpaired) electrons. The van der Waals surface area contributed by atoms with Crippen LogP contribution < -0.4 is 0 Å². The highest BCUT2D eigenvalue weighted by Crippen LogP contribution is 2.42. The molecule has 0 bridgehead atoms. The summed E-state index contributed by atoms with van der Waals surface area (Å²) in [6.45, 7) is 4.46. The zero-order valence-corrected chi connectivity index (χ0v) is 12.5. The van der Waals surface area contributed by atoms with Crippen molar-refractivity contribution in [2.24, 2.45) is 16.8 Å². The van der Waals surface area contributed by atoms with E-state index in [-0.39, 0.29) is 12.1 Å². The summed E-state index contributed by atoms with van der Waals surface area (Å²) in [6.07, 6.45) is 10.1. The lowest BCUT2D eigenvalue weighted by atomic mass is 9.72. The molecule has 0 spiro atoms. The van der Waals surface area contributed by atoms with Gasteiger partial charge < -0.3 is 4.74 Å². The second-order valence-electron chi connectivity index (χ2n) is 6.56. The van der Waals surface area contributed by atoms with E-state index in [1.165, 1.54) is 17.6 Å². The van der Waals surface area contributed by atoms with Gasteiger partial charge >= 0.3 is 5.97 Å². The van der Waals surface area contributed by atoms with Crippen molar-refractivity contribution >= 4 is 12.2 Å². The molecule has 2 aliphatic carbocycles. The third kappa shape index (κ3) is 2.16. The summed E-state index contributed by atoms with van der Waals surface area (Å²) in [5, 5.41) is 0. The number of ether oxygens (including phenoxy) is 1. The quantitative estimate of drug-likeness (QED) is 0.576. The lowest BCUT2D eigenvalue weighted by Gasteiger charge is -2.47. The van der Waals surface area contributed by atoms with E-state index in [1.807, 2.05) is 6.21 Å². The van der Waals surface area contributed by atoms with Crippen LogP contribution in [-0.4, -0.2) is 48.9 Å². The second-order valence-corrected chi connectivity index (χ2v) is 6.56. The third-order valence-electron chi connectivity index (χ3n) is 5.21. The topological polar surface area (TPSA) is 41.9 Å². The number of carbonyl (C=O) groups excluding carboxylic acids is 1. The highest BCUT2D eigenvalue weighted by atomic mass is 16.5. The van der Waals surface area contributed by atoms with Gasteiger partial charge in [0.15, 0.2) is 0 Å². The molecule has 21 heavy (non-hydrogen) atoms. The van der Waals surface area contributed by atoms with Gasteiger partial charge in [0.2, 0.25) is 0 Å². The summed E-state index contributed by atoms with van der Waals surface area (Å²) in [6, 6.07) is 0.374. The van der Waals surface area contributed by atoms with Gasteiger partial charge in [0, 0.05) is 18.1 Å². The van der Waals surface area contributed by atoms with Crippen LogP contribution in [0.4, 0.5) is 0 Å². The normalized spacial score (nSPS) is 38.0. The predicted octanol–water partition coefficient (Wildman–Crippen LogP) is 1.97. The third-order valence-corrected chi connectivity index (χ3v) is 5.21. The minimum absolute atomic E-state index is 0.0386. The van der Waals surface area contributed by atoms with Gasteiger partial charge in [-0.2, -0.15) is 0 Å². The van der Waals surface area contributed by atoms with Gasteiger partial charge in [-0.25, -0.2) is 0 Å². The van der Waals surface area contributed by atoms with E-state index in [1.54, 1.807) is 0 Å². The average molecular weight is 286 g/mol. The van der Waals surface area contributed by atoms with Gasteiger partial charge in [-0.15, -0.1) is 0 Å². The van der Waals surface area contributed by atoms with Gasteiger partial charge in [-0.05, 0) is 37.0 Å². The summed E-state index contributed by atoms with van der Waals surface area (Å²) in [4.78, 5) is 18.7. The number of aliphatic imine (C=N–C) groups is 1. The standard InChI is InChI=1S/C17H22N2O2/c1-2-5-19-10-16(20)21-17-14-7-13-9-18-8-12(13)6-11(14)3-4-15(17)19/h6-7,9,11,13,15,17H,2-5,8,10H2,1H3/t11?,13?,15-,17-/m0/s1. The highest BCUT2D eigenvalue weighted by molar-refractivity contribution is 5.75. The van der Waals surface area contributed by atoms with Gasteiger partial charge in [-0.3, -0.25) is 14.7 Å². The van der Waals surface area contributed by atoms with Crippen molar-refractivity contribution in [3.05, 3.63) is 23.3 Å². The maximum Gasteiger partial charge on any atom is 0.320 e. The molecule has 1 saturated carbocycles. The monoisotopic (exact) mass is 286 g/mol. The van der Waals surface area contributed by atoms with Crippen molar-refractivity contribution in [2.45, 2.75) is 38.3 Å². The van der Waals surface area contributed by atoms with Crippen LogP contribution in [0.25, 0.3) is 0 Å². The van der Waals surface area contributed by atoms with Crippen LogP contribution in [0.1, 0.15) is 26.2 Å². The average Bonchev–Trinajstić information content (AvgIpc) is 2.92. The minimum atomic E-state index is -0.0684. The van der Waals surface area contributed by atoms with Crippen molar-refractivity contribution in [1.82, 2.24) is 4.90 Å². The summed E-state index contributed by atoms with van der Waals surface area (Å²) < 4.78 is 5.76. The molecular weight excluding hydrogens is 264 g/mol. The number of rotatable bonds is 2. The molecule has 4 aliphatic rings. The molecule has 0 aromatic rings. The molecule has 2 fully saturated rings. The van der Waals surface area contributed by atoms with E-state index in [0.717, 1.165) is 25.9 Å². The smallest absolute Gasteiger partial charge is 0.320 e. The largest absolute Gasteiger partial charge is 0.455 e. The molecule has 0 aromatic heterocycles. The van der Waals surface area contributed by atoms with E-state index < -0.39 is 0 Å². The summed E-state index contributed by atoms with van der Waals surface area (Å²) >= 11 is 0. The van der Waals surface area contributed by atoms with Crippen LogP contribution in [0, 0.1) is 11.8 Å². The molecule has 1 saturated heterocycles. The van der Waals surface area contributed by atoms with Crippen molar-refractivity contribution in [3.8, 4) is 0 Å². The molecule has 4 heteroatoms. The molecule has 112 valence electrons. The van der Waals surface area contributed by atoms with Crippen molar-refractivity contribution in [1.29, 1.82) is 0 Å². The Labute approximate surface area is 125 Å². The minimum Gasteiger partial charge on any atom is -0.455 e. The Bertz CT molecular complexity index is 549. The van der Waals surface area contributed by atoms with Crippen LogP contribution in [-0.2, 0) is 9.53 Å². The Balaban J connectivity index is 1.64. The molecule has 2 heterocycles. The summed E-state index contributed by atoms with van der Waals surface area (Å²) in [7, 11) is 0. The number of allylic oxidation sites excluding steroid dienone is 2. The molecule has 0 aromatic carbocycles. The number of hydrogen-bond donors (Lipinski definition) is 0. The first-order valence-electron chi connectivity index (χ1n) is 8.12.